The average Bonchev–Trinajstić information content (AvgIpc) is 2.75. The molecule has 0 aliphatic carbocycles. The van der Waals surface area contributed by atoms with Gasteiger partial charge in [0.25, 0.3) is 0 Å². The molecule has 2 rings (SSSR count). The van der Waals surface area contributed by atoms with Crippen molar-refractivity contribution in [3.05, 3.63) is 59.4 Å². The average molecular weight is 456 g/mol. The van der Waals surface area contributed by atoms with Crippen LogP contribution in [0.2, 0.25) is 0 Å². The third-order valence-corrected chi connectivity index (χ3v) is 4.31. The number of hydrogen-bond acceptors (Lipinski definition) is 4. The van der Waals surface area contributed by atoms with Crippen molar-refractivity contribution in [1.82, 2.24) is 10.6 Å². The van der Waals surface area contributed by atoms with Crippen molar-refractivity contribution < 1.29 is 36.6 Å². The zero-order valence-corrected chi connectivity index (χ0v) is 17.4. The predicted octanol–water partition coefficient (Wildman–Crippen LogP) is 3.18. The lowest BCUT2D eigenvalue weighted by Gasteiger charge is -2.13. The van der Waals surface area contributed by atoms with Crippen LogP contribution in [0, 0.1) is 5.82 Å². The zero-order valence-electron chi connectivity index (χ0n) is 17.4. The highest BCUT2D eigenvalue weighted by Gasteiger charge is 2.29. The number of amides is 2. The Labute approximate surface area is 182 Å². The van der Waals surface area contributed by atoms with E-state index < -0.39 is 12.8 Å². The van der Waals surface area contributed by atoms with Crippen molar-refractivity contribution in [2.75, 3.05) is 26.8 Å². The quantitative estimate of drug-likeness (QED) is 0.402. The summed E-state index contributed by atoms with van der Waals surface area (Å²) in [5.41, 5.74) is 1.38. The summed E-state index contributed by atoms with van der Waals surface area (Å²) in [6.45, 7) is -0.947. The molecule has 0 saturated heterocycles. The van der Waals surface area contributed by atoms with Crippen LogP contribution >= 0.6 is 0 Å². The van der Waals surface area contributed by atoms with Crippen molar-refractivity contribution in [1.29, 1.82) is 0 Å². The molecule has 0 radical (unpaired) electrons. The molecule has 6 nitrogen and oxygen atoms in total. The zero-order chi connectivity index (χ0) is 23.6. The Morgan fingerprint density at radius 1 is 0.906 bits per heavy atom. The van der Waals surface area contributed by atoms with E-state index >= 15 is 0 Å². The summed E-state index contributed by atoms with van der Waals surface area (Å²) < 4.78 is 59.5. The molecule has 0 fully saturated rings. The van der Waals surface area contributed by atoms with Gasteiger partial charge in [0.1, 0.15) is 5.82 Å². The molecule has 0 spiro atoms. The third-order valence-electron chi connectivity index (χ3n) is 4.31. The second-order valence-corrected chi connectivity index (χ2v) is 6.89. The number of rotatable bonds is 11. The first-order valence-corrected chi connectivity index (χ1v) is 9.80. The van der Waals surface area contributed by atoms with Gasteiger partial charge in [-0.25, -0.2) is 4.39 Å². The first-order valence-electron chi connectivity index (χ1n) is 9.80. The van der Waals surface area contributed by atoms with E-state index in [0.717, 1.165) is 0 Å². The number of hydrogen-bond donors (Lipinski definition) is 2. The molecular weight excluding hydrogens is 432 g/mol. The molecule has 0 bridgehead atoms. The molecule has 174 valence electrons. The van der Waals surface area contributed by atoms with Crippen LogP contribution in [-0.4, -0.2) is 44.8 Å². The molecule has 10 heteroatoms. The maximum absolute atomic E-state index is 12.9. The molecule has 2 aromatic carbocycles. The van der Waals surface area contributed by atoms with Crippen LogP contribution in [0.3, 0.4) is 0 Å². The van der Waals surface area contributed by atoms with Crippen LogP contribution < -0.4 is 20.1 Å². The number of carbonyl (C=O) groups is 2. The van der Waals surface area contributed by atoms with Crippen molar-refractivity contribution >= 4 is 11.8 Å². The Morgan fingerprint density at radius 2 is 1.53 bits per heavy atom. The second kappa shape index (κ2) is 11.9. The number of carbonyl (C=O) groups excluding carboxylic acids is 2. The topological polar surface area (TPSA) is 76.7 Å². The van der Waals surface area contributed by atoms with Gasteiger partial charge in [-0.05, 0) is 41.8 Å². The molecule has 0 aromatic heterocycles. The lowest BCUT2D eigenvalue weighted by molar-refractivity contribution is -0.153. The van der Waals surface area contributed by atoms with E-state index in [-0.39, 0.29) is 55.1 Å². The Morgan fingerprint density at radius 3 is 2.16 bits per heavy atom. The van der Waals surface area contributed by atoms with E-state index in [2.05, 4.69) is 10.6 Å². The lowest BCUT2D eigenvalue weighted by atomic mass is 10.1. The maximum atomic E-state index is 12.9. The molecule has 2 amide bonds. The van der Waals surface area contributed by atoms with Crippen LogP contribution in [-0.2, 0) is 22.4 Å². The molecule has 0 atom stereocenters. The van der Waals surface area contributed by atoms with Crippen LogP contribution in [0.5, 0.6) is 11.5 Å². The van der Waals surface area contributed by atoms with Gasteiger partial charge in [-0.3, -0.25) is 9.59 Å². The number of ether oxygens (including phenoxy) is 2. The summed E-state index contributed by atoms with van der Waals surface area (Å²) >= 11 is 0. The summed E-state index contributed by atoms with van der Waals surface area (Å²) in [5, 5.41) is 5.33. The minimum atomic E-state index is -4.46. The van der Waals surface area contributed by atoms with Crippen LogP contribution in [0.4, 0.5) is 17.6 Å². The summed E-state index contributed by atoms with van der Waals surface area (Å²) in [6, 6.07) is 10.1. The third kappa shape index (κ3) is 9.23. The molecule has 2 aromatic rings. The van der Waals surface area contributed by atoms with Crippen molar-refractivity contribution in [2.45, 2.75) is 25.4 Å². The van der Waals surface area contributed by atoms with E-state index in [0.29, 0.717) is 17.5 Å². The molecule has 0 heterocycles. The predicted molar refractivity (Wildman–Crippen MR) is 109 cm³/mol. The molecule has 2 N–H and O–H groups in total. The first-order chi connectivity index (χ1) is 15.2. The highest BCUT2D eigenvalue weighted by Crippen LogP contribution is 2.30. The Balaban J connectivity index is 1.69. The molecule has 32 heavy (non-hydrogen) atoms. The van der Waals surface area contributed by atoms with E-state index in [4.69, 9.17) is 9.47 Å². The number of alkyl halides is 3. The van der Waals surface area contributed by atoms with Gasteiger partial charge < -0.3 is 20.1 Å². The van der Waals surface area contributed by atoms with Crippen molar-refractivity contribution in [3.63, 3.8) is 0 Å². The minimum absolute atomic E-state index is 0.0330. The van der Waals surface area contributed by atoms with E-state index in [9.17, 15) is 27.2 Å². The van der Waals surface area contributed by atoms with E-state index in [1.54, 1.807) is 6.07 Å². The molecule has 0 saturated carbocycles. The minimum Gasteiger partial charge on any atom is -0.493 e. The largest absolute Gasteiger partial charge is 0.493 e. The fraction of sp³-hybridized carbons (Fsp3) is 0.364. The normalized spacial score (nSPS) is 11.0. The molecule has 0 unspecified atom stereocenters. The van der Waals surface area contributed by atoms with Crippen molar-refractivity contribution in [2.24, 2.45) is 0 Å². The Kier molecular flexibility index (Phi) is 9.30. The van der Waals surface area contributed by atoms with Gasteiger partial charge in [0.2, 0.25) is 11.8 Å². The molecule has 0 aliphatic rings. The number of aryl methyl sites for hydroxylation is 1. The van der Waals surface area contributed by atoms with E-state index in [1.807, 2.05) is 0 Å². The smallest absolute Gasteiger partial charge is 0.422 e. The van der Waals surface area contributed by atoms with Gasteiger partial charge in [-0.2, -0.15) is 13.2 Å². The number of nitrogens with one attached hydrogen (secondary N) is 2. The highest BCUT2D eigenvalue weighted by molar-refractivity contribution is 5.79. The van der Waals surface area contributed by atoms with Crippen LogP contribution in [0.1, 0.15) is 17.5 Å². The summed E-state index contributed by atoms with van der Waals surface area (Å²) in [4.78, 5) is 23.8. The number of benzene rings is 2. The Hall–Kier alpha value is -3.30. The standard InChI is InChI=1S/C22H24F4N2O4/c1-31-19-12-15(4-8-18(19)32-14-22(24,25)26)5-9-20(29)27-10-11-28-21(30)13-16-2-6-17(23)7-3-16/h2-4,6-8,12H,5,9-11,13-14H2,1H3,(H,27,29)(H,28,30). The lowest BCUT2D eigenvalue weighted by Crippen LogP contribution is -2.35. The second-order valence-electron chi connectivity index (χ2n) is 6.89. The van der Waals surface area contributed by atoms with Gasteiger partial charge >= 0.3 is 6.18 Å². The van der Waals surface area contributed by atoms with Gasteiger partial charge in [0.05, 0.1) is 13.5 Å². The van der Waals surface area contributed by atoms with Crippen LogP contribution in [0.25, 0.3) is 0 Å². The maximum Gasteiger partial charge on any atom is 0.422 e. The SMILES string of the molecule is COc1cc(CCC(=O)NCCNC(=O)Cc2ccc(F)cc2)ccc1OCC(F)(F)F. The summed E-state index contributed by atoms with van der Waals surface area (Å²) in [6.07, 6.45) is -3.85. The van der Waals surface area contributed by atoms with Gasteiger partial charge in [0.15, 0.2) is 18.1 Å². The monoisotopic (exact) mass is 456 g/mol. The van der Waals surface area contributed by atoms with Gasteiger partial charge in [-0.1, -0.05) is 18.2 Å². The summed E-state index contributed by atoms with van der Waals surface area (Å²) in [7, 11) is 1.32. The highest BCUT2D eigenvalue weighted by atomic mass is 19.4. The van der Waals surface area contributed by atoms with E-state index in [1.165, 1.54) is 43.5 Å². The van der Waals surface area contributed by atoms with Crippen LogP contribution in [0.15, 0.2) is 42.5 Å². The van der Waals surface area contributed by atoms with Gasteiger partial charge in [0, 0.05) is 19.5 Å². The fourth-order valence-corrected chi connectivity index (χ4v) is 2.75. The number of halogens is 4. The van der Waals surface area contributed by atoms with Gasteiger partial charge in [-0.15, -0.1) is 0 Å². The Bertz CT molecular complexity index is 902. The molecule has 0 aliphatic heterocycles. The fourth-order valence-electron chi connectivity index (χ4n) is 2.75. The summed E-state index contributed by atoms with van der Waals surface area (Å²) in [5.74, 6) is -0.744. The first kappa shape index (κ1) is 25.0. The van der Waals surface area contributed by atoms with Crippen molar-refractivity contribution in [3.8, 4) is 11.5 Å². The number of methoxy groups -OCH3 is 1. The molecular formula is C22H24F4N2O4.